The summed E-state index contributed by atoms with van der Waals surface area (Å²) in [7, 11) is 0. The standard InChI is InChI=1S/C23H30N4O4/c1-16-22(17(2)31-24-16)23(28)27-7-3-4-19(14-27)26-10-8-25(9-11-26)13-18-5-6-20-21(12-18)30-15-29-20/h5-6,12,19H,3-4,7-11,13-15H2,1-2H3/t19-/m1/s1. The molecule has 1 amide bonds. The third-order valence-corrected chi connectivity index (χ3v) is 6.70. The lowest BCUT2D eigenvalue weighted by Crippen LogP contribution is -2.55. The van der Waals surface area contributed by atoms with Crippen LogP contribution in [0.5, 0.6) is 11.5 Å². The van der Waals surface area contributed by atoms with Crippen LogP contribution in [-0.4, -0.2) is 77.9 Å². The predicted octanol–water partition coefficient (Wildman–Crippen LogP) is 2.44. The summed E-state index contributed by atoms with van der Waals surface area (Å²) < 4.78 is 16.1. The van der Waals surface area contributed by atoms with Crippen LogP contribution in [-0.2, 0) is 6.54 Å². The monoisotopic (exact) mass is 426 g/mol. The fraction of sp³-hybridized carbons (Fsp3) is 0.565. The molecule has 0 bridgehead atoms. The first-order valence-electron chi connectivity index (χ1n) is 11.2. The number of ether oxygens (including phenoxy) is 2. The number of fused-ring (bicyclic) bond motifs is 1. The molecule has 0 radical (unpaired) electrons. The van der Waals surface area contributed by atoms with E-state index in [1.54, 1.807) is 0 Å². The van der Waals surface area contributed by atoms with E-state index >= 15 is 0 Å². The Morgan fingerprint density at radius 2 is 1.90 bits per heavy atom. The van der Waals surface area contributed by atoms with E-state index < -0.39 is 0 Å². The Kier molecular flexibility index (Phi) is 5.58. The number of aryl methyl sites for hydroxylation is 2. The van der Waals surface area contributed by atoms with Crippen molar-refractivity contribution in [3.05, 3.63) is 40.8 Å². The van der Waals surface area contributed by atoms with Crippen molar-refractivity contribution in [1.82, 2.24) is 19.9 Å². The lowest BCUT2D eigenvalue weighted by atomic mass is 10.0. The molecule has 5 rings (SSSR count). The summed E-state index contributed by atoms with van der Waals surface area (Å²) in [5, 5.41) is 3.95. The van der Waals surface area contributed by atoms with Gasteiger partial charge in [-0.1, -0.05) is 11.2 Å². The quantitative estimate of drug-likeness (QED) is 0.744. The maximum atomic E-state index is 13.0. The molecule has 8 heteroatoms. The second-order valence-electron chi connectivity index (χ2n) is 8.75. The zero-order chi connectivity index (χ0) is 21.4. The highest BCUT2D eigenvalue weighted by atomic mass is 16.7. The number of carbonyl (C=O) groups excluding carboxylic acids is 1. The van der Waals surface area contributed by atoms with E-state index in [1.807, 2.05) is 24.8 Å². The molecule has 8 nitrogen and oxygen atoms in total. The normalized spacial score (nSPS) is 22.1. The van der Waals surface area contributed by atoms with Gasteiger partial charge < -0.3 is 18.9 Å². The maximum Gasteiger partial charge on any atom is 0.259 e. The molecule has 2 aromatic rings. The molecule has 166 valence electrons. The highest BCUT2D eigenvalue weighted by Crippen LogP contribution is 2.33. The van der Waals surface area contributed by atoms with Crippen LogP contribution in [0.3, 0.4) is 0 Å². The van der Waals surface area contributed by atoms with Gasteiger partial charge in [-0.3, -0.25) is 14.6 Å². The maximum absolute atomic E-state index is 13.0. The van der Waals surface area contributed by atoms with Crippen LogP contribution in [0.4, 0.5) is 0 Å². The average molecular weight is 427 g/mol. The van der Waals surface area contributed by atoms with E-state index in [0.29, 0.717) is 29.9 Å². The van der Waals surface area contributed by atoms with Crippen LogP contribution < -0.4 is 9.47 Å². The molecule has 1 atom stereocenters. The Balaban J connectivity index is 1.15. The number of aromatic nitrogens is 1. The minimum absolute atomic E-state index is 0.0578. The number of rotatable bonds is 4. The molecular weight excluding hydrogens is 396 g/mol. The van der Waals surface area contributed by atoms with E-state index in [0.717, 1.165) is 70.2 Å². The molecule has 4 heterocycles. The SMILES string of the molecule is Cc1noc(C)c1C(=O)N1CCC[C@@H](N2CCN(Cc3ccc4c(c3)OCO4)CC2)C1. The number of amides is 1. The van der Waals surface area contributed by atoms with Crippen molar-refractivity contribution in [3.63, 3.8) is 0 Å². The summed E-state index contributed by atoms with van der Waals surface area (Å²) in [5.74, 6) is 2.35. The molecule has 0 aliphatic carbocycles. The van der Waals surface area contributed by atoms with Gasteiger partial charge in [0.2, 0.25) is 6.79 Å². The lowest BCUT2D eigenvalue weighted by molar-refractivity contribution is 0.0406. The molecule has 1 aromatic heterocycles. The molecule has 3 aliphatic heterocycles. The van der Waals surface area contributed by atoms with E-state index in [-0.39, 0.29) is 5.91 Å². The first-order chi connectivity index (χ1) is 15.1. The van der Waals surface area contributed by atoms with E-state index in [9.17, 15) is 4.79 Å². The third-order valence-electron chi connectivity index (χ3n) is 6.70. The molecule has 1 aromatic carbocycles. The summed E-state index contributed by atoms with van der Waals surface area (Å²) in [6.07, 6.45) is 2.19. The molecule has 3 aliphatic rings. The zero-order valence-corrected chi connectivity index (χ0v) is 18.3. The molecule has 0 spiro atoms. The van der Waals surface area contributed by atoms with Gasteiger partial charge in [-0.05, 0) is 44.4 Å². The fourth-order valence-corrected chi connectivity index (χ4v) is 4.97. The van der Waals surface area contributed by atoms with Gasteiger partial charge in [-0.25, -0.2) is 0 Å². The average Bonchev–Trinajstić information content (AvgIpc) is 3.39. The Morgan fingerprint density at radius 1 is 1.10 bits per heavy atom. The fourth-order valence-electron chi connectivity index (χ4n) is 4.97. The zero-order valence-electron chi connectivity index (χ0n) is 18.3. The minimum Gasteiger partial charge on any atom is -0.454 e. The number of likely N-dealkylation sites (tertiary alicyclic amines) is 1. The second kappa shape index (κ2) is 8.51. The number of carbonyl (C=O) groups is 1. The van der Waals surface area contributed by atoms with Gasteiger partial charge in [-0.15, -0.1) is 0 Å². The first kappa shape index (κ1) is 20.3. The Morgan fingerprint density at radius 3 is 2.68 bits per heavy atom. The minimum atomic E-state index is 0.0578. The Bertz CT molecular complexity index is 932. The molecule has 0 unspecified atom stereocenters. The number of piperazine rings is 1. The second-order valence-corrected chi connectivity index (χ2v) is 8.75. The van der Waals surface area contributed by atoms with E-state index in [2.05, 4.69) is 27.1 Å². The first-order valence-corrected chi connectivity index (χ1v) is 11.2. The van der Waals surface area contributed by atoms with Crippen molar-refractivity contribution in [3.8, 4) is 11.5 Å². The Hall–Kier alpha value is -2.58. The summed E-state index contributed by atoms with van der Waals surface area (Å²) in [6.45, 7) is 10.6. The number of hydrogen-bond donors (Lipinski definition) is 0. The van der Waals surface area contributed by atoms with E-state index in [4.69, 9.17) is 14.0 Å². The van der Waals surface area contributed by atoms with Crippen molar-refractivity contribution in [2.75, 3.05) is 46.1 Å². The smallest absolute Gasteiger partial charge is 0.259 e. The van der Waals surface area contributed by atoms with Crippen LogP contribution in [0.2, 0.25) is 0 Å². The lowest BCUT2D eigenvalue weighted by Gasteiger charge is -2.43. The molecule has 2 fully saturated rings. The summed E-state index contributed by atoms with van der Waals surface area (Å²) >= 11 is 0. The molecule has 31 heavy (non-hydrogen) atoms. The van der Waals surface area contributed by atoms with Crippen LogP contribution in [0.1, 0.15) is 40.2 Å². The predicted molar refractivity (Wildman–Crippen MR) is 114 cm³/mol. The van der Waals surface area contributed by atoms with Crippen LogP contribution in [0, 0.1) is 13.8 Å². The molecule has 2 saturated heterocycles. The number of benzene rings is 1. The van der Waals surface area contributed by atoms with E-state index in [1.165, 1.54) is 5.56 Å². The summed E-state index contributed by atoms with van der Waals surface area (Å²) in [4.78, 5) is 20.1. The molecule has 0 N–H and O–H groups in total. The van der Waals surface area contributed by atoms with Crippen molar-refractivity contribution < 1.29 is 18.8 Å². The van der Waals surface area contributed by atoms with Gasteiger partial charge in [0.05, 0.1) is 5.69 Å². The summed E-state index contributed by atoms with van der Waals surface area (Å²) in [5.41, 5.74) is 2.57. The van der Waals surface area contributed by atoms with Crippen molar-refractivity contribution in [1.29, 1.82) is 0 Å². The van der Waals surface area contributed by atoms with Crippen LogP contribution in [0.15, 0.2) is 22.7 Å². The highest BCUT2D eigenvalue weighted by Gasteiger charge is 2.32. The van der Waals surface area contributed by atoms with Crippen LogP contribution >= 0.6 is 0 Å². The number of hydrogen-bond acceptors (Lipinski definition) is 7. The van der Waals surface area contributed by atoms with Gasteiger partial charge >= 0.3 is 0 Å². The van der Waals surface area contributed by atoms with Gasteiger partial charge in [0, 0.05) is 51.9 Å². The van der Waals surface area contributed by atoms with Crippen molar-refractivity contribution >= 4 is 5.91 Å². The number of nitrogens with zero attached hydrogens (tertiary/aromatic N) is 4. The highest BCUT2D eigenvalue weighted by molar-refractivity contribution is 5.96. The summed E-state index contributed by atoms with van der Waals surface area (Å²) in [6, 6.07) is 6.64. The third kappa shape index (κ3) is 4.14. The van der Waals surface area contributed by atoms with Gasteiger partial charge in [0.25, 0.3) is 5.91 Å². The molecular formula is C23H30N4O4. The van der Waals surface area contributed by atoms with Crippen LogP contribution in [0.25, 0.3) is 0 Å². The van der Waals surface area contributed by atoms with Crippen molar-refractivity contribution in [2.24, 2.45) is 0 Å². The van der Waals surface area contributed by atoms with Gasteiger partial charge in [0.1, 0.15) is 11.3 Å². The van der Waals surface area contributed by atoms with Crippen molar-refractivity contribution in [2.45, 2.75) is 39.3 Å². The van der Waals surface area contributed by atoms with Gasteiger partial charge in [0.15, 0.2) is 11.5 Å². The Labute approximate surface area is 182 Å². The topological polar surface area (TPSA) is 71.3 Å². The number of piperidine rings is 1. The van der Waals surface area contributed by atoms with Gasteiger partial charge in [-0.2, -0.15) is 0 Å². The molecule has 0 saturated carbocycles. The largest absolute Gasteiger partial charge is 0.454 e.